The number of hydrogen-bond donors (Lipinski definition) is 1. The second-order valence-corrected chi connectivity index (χ2v) is 7.29. The molecule has 0 unspecified atom stereocenters. The summed E-state index contributed by atoms with van der Waals surface area (Å²) >= 11 is -0.234. The van der Waals surface area contributed by atoms with Crippen molar-refractivity contribution in [3.8, 4) is 11.6 Å². The van der Waals surface area contributed by atoms with Crippen LogP contribution in [-0.4, -0.2) is 24.7 Å². The van der Waals surface area contributed by atoms with Crippen LogP contribution in [-0.2, 0) is 13.0 Å². The van der Waals surface area contributed by atoms with E-state index in [9.17, 15) is 23.1 Å². The minimum Gasteiger partial charge on any atom is -0.493 e. The summed E-state index contributed by atoms with van der Waals surface area (Å²) in [4.78, 5) is 17.0. The monoisotopic (exact) mass is 409 g/mol. The Morgan fingerprint density at radius 3 is 2.43 bits per heavy atom. The number of hydrogen-bond acceptors (Lipinski definition) is 4. The first kappa shape index (κ1) is 20.1. The molecule has 1 aromatic carbocycles. The standard InChI is InChI=1S/C19H18F3N3O2S/c1-3-13-10-23-9-8-14(13)11-24-12(2)17(26)25(18(24)27)15-4-6-16(7-5-15)28-19(20,21)22/h4-10,26H,3,11H2,1-2H3. The highest BCUT2D eigenvalue weighted by molar-refractivity contribution is 8.00. The maximum Gasteiger partial charge on any atom is 0.446 e. The molecule has 0 saturated carbocycles. The number of aryl methyl sites for hydroxylation is 1. The SMILES string of the molecule is CCc1cnccc1Cn1c(C)c(O)n(-c2ccc(SC(F)(F)F)cc2)c1=O. The van der Waals surface area contributed by atoms with Gasteiger partial charge in [-0.25, -0.2) is 9.36 Å². The number of benzene rings is 1. The summed E-state index contributed by atoms with van der Waals surface area (Å²) in [5.41, 5.74) is -2.28. The van der Waals surface area contributed by atoms with Crippen LogP contribution in [0.1, 0.15) is 23.7 Å². The quantitative estimate of drug-likeness (QED) is 0.640. The van der Waals surface area contributed by atoms with E-state index in [0.29, 0.717) is 11.4 Å². The van der Waals surface area contributed by atoms with Crippen molar-refractivity contribution in [2.75, 3.05) is 0 Å². The molecule has 0 amide bonds. The average molecular weight is 409 g/mol. The molecule has 28 heavy (non-hydrogen) atoms. The normalized spacial score (nSPS) is 11.8. The Labute approximate surface area is 163 Å². The fraction of sp³-hybridized carbons (Fsp3) is 0.263. The van der Waals surface area contributed by atoms with Crippen molar-refractivity contribution >= 4 is 11.8 Å². The second-order valence-electron chi connectivity index (χ2n) is 6.15. The first-order valence-corrected chi connectivity index (χ1v) is 9.32. The fourth-order valence-electron chi connectivity index (χ4n) is 2.95. The number of aromatic hydroxyl groups is 1. The van der Waals surface area contributed by atoms with Gasteiger partial charge in [0.1, 0.15) is 0 Å². The van der Waals surface area contributed by atoms with Crippen molar-refractivity contribution in [1.29, 1.82) is 0 Å². The summed E-state index contributed by atoms with van der Waals surface area (Å²) in [5, 5.41) is 10.5. The van der Waals surface area contributed by atoms with Gasteiger partial charge in [0.05, 0.1) is 17.9 Å². The number of aromatic nitrogens is 3. The van der Waals surface area contributed by atoms with Crippen LogP contribution in [0.5, 0.6) is 5.88 Å². The zero-order valence-electron chi connectivity index (χ0n) is 15.2. The Bertz CT molecular complexity index is 1040. The molecule has 0 saturated heterocycles. The summed E-state index contributed by atoms with van der Waals surface area (Å²) in [6.45, 7) is 3.87. The molecule has 0 aliphatic carbocycles. The molecule has 0 fully saturated rings. The zero-order chi connectivity index (χ0) is 20.5. The Balaban J connectivity index is 1.98. The minimum atomic E-state index is -4.39. The van der Waals surface area contributed by atoms with Crippen LogP contribution in [0.4, 0.5) is 13.2 Å². The molecule has 148 valence electrons. The lowest BCUT2D eigenvalue weighted by atomic mass is 10.1. The van der Waals surface area contributed by atoms with Gasteiger partial charge >= 0.3 is 11.2 Å². The van der Waals surface area contributed by atoms with Crippen LogP contribution >= 0.6 is 11.8 Å². The maximum absolute atomic E-state index is 12.9. The number of thioether (sulfide) groups is 1. The highest BCUT2D eigenvalue weighted by Crippen LogP contribution is 2.37. The number of alkyl halides is 3. The topological polar surface area (TPSA) is 60.0 Å². The Morgan fingerprint density at radius 2 is 1.82 bits per heavy atom. The van der Waals surface area contributed by atoms with Crippen molar-refractivity contribution in [3.63, 3.8) is 0 Å². The van der Waals surface area contributed by atoms with Crippen molar-refractivity contribution in [1.82, 2.24) is 14.1 Å². The molecular formula is C19H18F3N3O2S. The lowest BCUT2D eigenvalue weighted by Crippen LogP contribution is -2.24. The summed E-state index contributed by atoms with van der Waals surface area (Å²) < 4.78 is 40.0. The highest BCUT2D eigenvalue weighted by atomic mass is 32.2. The Morgan fingerprint density at radius 1 is 1.14 bits per heavy atom. The lowest BCUT2D eigenvalue weighted by Gasteiger charge is -2.08. The molecule has 3 rings (SSSR count). The summed E-state index contributed by atoms with van der Waals surface area (Å²) in [5.74, 6) is -0.242. The molecule has 0 radical (unpaired) electrons. The minimum absolute atomic E-state index is 0.00400. The summed E-state index contributed by atoms with van der Waals surface area (Å²) in [7, 11) is 0. The third kappa shape index (κ3) is 4.09. The number of rotatable bonds is 5. The molecule has 5 nitrogen and oxygen atoms in total. The van der Waals surface area contributed by atoms with Crippen LogP contribution in [0.2, 0.25) is 0 Å². The second kappa shape index (κ2) is 7.75. The van der Waals surface area contributed by atoms with E-state index in [2.05, 4.69) is 4.98 Å². The molecule has 0 aliphatic rings. The molecule has 0 aliphatic heterocycles. The number of imidazole rings is 1. The Hall–Kier alpha value is -2.68. The van der Waals surface area contributed by atoms with E-state index in [1.807, 2.05) is 13.0 Å². The van der Waals surface area contributed by atoms with Crippen molar-refractivity contribution in [3.05, 3.63) is 70.0 Å². The maximum atomic E-state index is 12.9. The van der Waals surface area contributed by atoms with Crippen molar-refractivity contribution in [2.24, 2.45) is 0 Å². The number of halogens is 3. The van der Waals surface area contributed by atoms with Gasteiger partial charge in [0.2, 0.25) is 5.88 Å². The van der Waals surface area contributed by atoms with Gasteiger partial charge in [-0.05, 0) is 66.6 Å². The van der Waals surface area contributed by atoms with Gasteiger partial charge in [-0.2, -0.15) is 13.2 Å². The van der Waals surface area contributed by atoms with E-state index in [1.165, 1.54) is 28.8 Å². The van der Waals surface area contributed by atoms with Crippen LogP contribution in [0.25, 0.3) is 5.69 Å². The fourth-order valence-corrected chi connectivity index (χ4v) is 3.49. The van der Waals surface area contributed by atoms with Gasteiger partial charge in [0, 0.05) is 17.3 Å². The molecular weight excluding hydrogens is 391 g/mol. The van der Waals surface area contributed by atoms with Gasteiger partial charge in [-0.3, -0.25) is 9.55 Å². The largest absolute Gasteiger partial charge is 0.493 e. The Kier molecular flexibility index (Phi) is 5.55. The van der Waals surface area contributed by atoms with E-state index in [1.54, 1.807) is 19.3 Å². The number of nitrogens with zero attached hydrogens (tertiary/aromatic N) is 3. The van der Waals surface area contributed by atoms with Crippen LogP contribution < -0.4 is 5.69 Å². The molecule has 2 heterocycles. The molecule has 0 atom stereocenters. The van der Waals surface area contributed by atoms with Gasteiger partial charge in [-0.15, -0.1) is 0 Å². The predicted octanol–water partition coefficient (Wildman–Crippen LogP) is 4.27. The van der Waals surface area contributed by atoms with E-state index < -0.39 is 11.2 Å². The van der Waals surface area contributed by atoms with Crippen LogP contribution in [0.3, 0.4) is 0 Å². The molecule has 1 N–H and O–H groups in total. The molecule has 2 aromatic heterocycles. The van der Waals surface area contributed by atoms with E-state index in [4.69, 9.17) is 0 Å². The molecule has 9 heteroatoms. The number of pyridine rings is 1. The van der Waals surface area contributed by atoms with Crippen LogP contribution in [0, 0.1) is 6.92 Å². The molecule has 0 bridgehead atoms. The lowest BCUT2D eigenvalue weighted by molar-refractivity contribution is -0.0328. The van der Waals surface area contributed by atoms with E-state index in [-0.39, 0.29) is 29.1 Å². The van der Waals surface area contributed by atoms with Crippen LogP contribution in [0.15, 0.2) is 52.4 Å². The van der Waals surface area contributed by atoms with Gasteiger partial charge in [-0.1, -0.05) is 6.92 Å². The van der Waals surface area contributed by atoms with Gasteiger partial charge in [0.15, 0.2) is 0 Å². The third-order valence-electron chi connectivity index (χ3n) is 4.40. The first-order chi connectivity index (χ1) is 13.2. The smallest absolute Gasteiger partial charge is 0.446 e. The molecule has 0 spiro atoms. The van der Waals surface area contributed by atoms with Crippen molar-refractivity contribution < 1.29 is 18.3 Å². The third-order valence-corrected chi connectivity index (χ3v) is 5.14. The van der Waals surface area contributed by atoms with E-state index in [0.717, 1.165) is 22.1 Å². The van der Waals surface area contributed by atoms with Crippen molar-refractivity contribution in [2.45, 2.75) is 37.2 Å². The van der Waals surface area contributed by atoms with Gasteiger partial charge in [0.25, 0.3) is 0 Å². The zero-order valence-corrected chi connectivity index (χ0v) is 16.0. The van der Waals surface area contributed by atoms with Gasteiger partial charge < -0.3 is 5.11 Å². The van der Waals surface area contributed by atoms with E-state index >= 15 is 0 Å². The first-order valence-electron chi connectivity index (χ1n) is 8.50. The summed E-state index contributed by atoms with van der Waals surface area (Å²) in [6, 6.07) is 7.11. The summed E-state index contributed by atoms with van der Waals surface area (Å²) in [6.07, 6.45) is 4.13. The molecule has 3 aromatic rings. The highest BCUT2D eigenvalue weighted by Gasteiger charge is 2.29. The predicted molar refractivity (Wildman–Crippen MR) is 101 cm³/mol. The average Bonchev–Trinajstić information content (AvgIpc) is 2.85.